The van der Waals surface area contributed by atoms with Gasteiger partial charge >= 0.3 is 0 Å². The normalized spacial score (nSPS) is 17.1. The molecule has 0 radical (unpaired) electrons. The molecular weight excluding hydrogens is 296 g/mol. The van der Waals surface area contributed by atoms with Crippen LogP contribution in [0.1, 0.15) is 30.1 Å². The minimum atomic E-state index is 0.145. The largest absolute Gasteiger partial charge is 0.291 e. The molecule has 0 saturated carbocycles. The predicted molar refractivity (Wildman–Crippen MR) is 87.1 cm³/mol. The standard InChI is InChI=1S/C17H17ClN4/c18-14-6-3-5-13(11-14)17(21-9-1-2-10-21)15-12-19-16-7-4-8-20-22(15)16/h3-8,11-12,17H,1-2,9-10H2. The maximum atomic E-state index is 6.22. The molecule has 112 valence electrons. The molecule has 3 aromatic rings. The Morgan fingerprint density at radius 2 is 1.95 bits per heavy atom. The van der Waals surface area contributed by atoms with E-state index in [2.05, 4.69) is 21.0 Å². The molecule has 1 atom stereocenters. The van der Waals surface area contributed by atoms with Gasteiger partial charge in [-0.25, -0.2) is 9.50 Å². The molecule has 1 fully saturated rings. The predicted octanol–water partition coefficient (Wildman–Crippen LogP) is 3.57. The van der Waals surface area contributed by atoms with Gasteiger partial charge in [0.2, 0.25) is 0 Å². The summed E-state index contributed by atoms with van der Waals surface area (Å²) in [5.41, 5.74) is 3.17. The second-order valence-corrected chi connectivity index (χ2v) is 6.11. The Bertz CT molecular complexity index is 792. The van der Waals surface area contributed by atoms with Crippen LogP contribution in [0.4, 0.5) is 0 Å². The van der Waals surface area contributed by atoms with Crippen LogP contribution < -0.4 is 0 Å². The van der Waals surface area contributed by atoms with E-state index < -0.39 is 0 Å². The first kappa shape index (κ1) is 13.7. The number of benzene rings is 1. The lowest BCUT2D eigenvalue weighted by molar-refractivity contribution is 0.274. The molecule has 4 rings (SSSR count). The smallest absolute Gasteiger partial charge is 0.153 e. The van der Waals surface area contributed by atoms with E-state index in [1.807, 2.05) is 41.0 Å². The van der Waals surface area contributed by atoms with E-state index in [9.17, 15) is 0 Å². The van der Waals surface area contributed by atoms with Gasteiger partial charge in [0.1, 0.15) is 0 Å². The fourth-order valence-corrected chi connectivity index (χ4v) is 3.48. The quantitative estimate of drug-likeness (QED) is 0.741. The van der Waals surface area contributed by atoms with Crippen LogP contribution in [-0.2, 0) is 0 Å². The number of nitrogens with zero attached hydrogens (tertiary/aromatic N) is 4. The Kier molecular flexibility index (Phi) is 3.56. The van der Waals surface area contributed by atoms with Crippen LogP contribution in [0, 0.1) is 0 Å². The molecule has 0 bridgehead atoms. The Morgan fingerprint density at radius 1 is 1.09 bits per heavy atom. The zero-order valence-electron chi connectivity index (χ0n) is 12.2. The Balaban J connectivity index is 1.86. The first-order valence-corrected chi connectivity index (χ1v) is 7.99. The molecule has 0 N–H and O–H groups in total. The maximum absolute atomic E-state index is 6.22. The topological polar surface area (TPSA) is 33.4 Å². The number of rotatable bonds is 3. The lowest BCUT2D eigenvalue weighted by atomic mass is 10.0. The van der Waals surface area contributed by atoms with E-state index in [0.717, 1.165) is 29.5 Å². The number of hydrogen-bond donors (Lipinski definition) is 0. The van der Waals surface area contributed by atoms with Crippen molar-refractivity contribution in [2.24, 2.45) is 0 Å². The van der Waals surface area contributed by atoms with Gasteiger partial charge in [0.05, 0.1) is 17.9 Å². The number of aromatic nitrogens is 3. The molecule has 22 heavy (non-hydrogen) atoms. The van der Waals surface area contributed by atoms with Gasteiger partial charge in [-0.3, -0.25) is 4.90 Å². The fourth-order valence-electron chi connectivity index (χ4n) is 3.28. The van der Waals surface area contributed by atoms with Crippen LogP contribution in [0.5, 0.6) is 0 Å². The lowest BCUT2D eigenvalue weighted by Gasteiger charge is -2.27. The van der Waals surface area contributed by atoms with Crippen molar-refractivity contribution < 1.29 is 0 Å². The highest BCUT2D eigenvalue weighted by molar-refractivity contribution is 6.30. The van der Waals surface area contributed by atoms with E-state index in [1.54, 1.807) is 6.20 Å². The number of likely N-dealkylation sites (tertiary alicyclic amines) is 1. The summed E-state index contributed by atoms with van der Waals surface area (Å²) in [5, 5.41) is 5.24. The van der Waals surface area contributed by atoms with Crippen LogP contribution >= 0.6 is 11.6 Å². The van der Waals surface area contributed by atoms with Gasteiger partial charge in [-0.15, -0.1) is 0 Å². The van der Waals surface area contributed by atoms with Crippen molar-refractivity contribution in [3.05, 3.63) is 65.1 Å². The molecule has 1 aliphatic rings. The average molecular weight is 313 g/mol. The molecule has 2 aromatic heterocycles. The maximum Gasteiger partial charge on any atom is 0.153 e. The van der Waals surface area contributed by atoms with Crippen molar-refractivity contribution in [2.45, 2.75) is 18.9 Å². The van der Waals surface area contributed by atoms with Crippen molar-refractivity contribution in [3.8, 4) is 0 Å². The van der Waals surface area contributed by atoms with Crippen LogP contribution in [0.25, 0.3) is 5.65 Å². The molecule has 0 amide bonds. The van der Waals surface area contributed by atoms with Gasteiger partial charge < -0.3 is 0 Å². The molecule has 1 unspecified atom stereocenters. The summed E-state index contributed by atoms with van der Waals surface area (Å²) in [6.45, 7) is 2.19. The van der Waals surface area contributed by atoms with Crippen molar-refractivity contribution >= 4 is 17.2 Å². The van der Waals surface area contributed by atoms with E-state index in [0.29, 0.717) is 0 Å². The Morgan fingerprint density at radius 3 is 2.77 bits per heavy atom. The van der Waals surface area contributed by atoms with Gasteiger partial charge in [0.25, 0.3) is 0 Å². The second kappa shape index (κ2) is 5.71. The van der Waals surface area contributed by atoms with E-state index in [-0.39, 0.29) is 6.04 Å². The molecule has 1 aromatic carbocycles. The van der Waals surface area contributed by atoms with Crippen LogP contribution in [0.3, 0.4) is 0 Å². The molecule has 5 heteroatoms. The van der Waals surface area contributed by atoms with Gasteiger partial charge in [-0.05, 0) is 55.8 Å². The minimum absolute atomic E-state index is 0.145. The highest BCUT2D eigenvalue weighted by Crippen LogP contribution is 2.32. The third-order valence-corrected chi connectivity index (χ3v) is 4.49. The van der Waals surface area contributed by atoms with Crippen molar-refractivity contribution in [3.63, 3.8) is 0 Å². The second-order valence-electron chi connectivity index (χ2n) is 5.68. The zero-order valence-corrected chi connectivity index (χ0v) is 12.9. The Labute approximate surface area is 134 Å². The summed E-state index contributed by atoms with van der Waals surface area (Å²) in [6.07, 6.45) is 6.21. The molecule has 3 heterocycles. The Hall–Kier alpha value is -1.91. The van der Waals surface area contributed by atoms with Crippen molar-refractivity contribution in [1.82, 2.24) is 19.5 Å². The SMILES string of the molecule is Clc1cccc(C(c2cnc3cccnn23)N2CCCC2)c1. The third kappa shape index (κ3) is 2.38. The van der Waals surface area contributed by atoms with Gasteiger partial charge in [-0.1, -0.05) is 23.7 Å². The highest BCUT2D eigenvalue weighted by Gasteiger charge is 2.28. The van der Waals surface area contributed by atoms with Crippen molar-refractivity contribution in [1.29, 1.82) is 0 Å². The molecule has 0 aliphatic carbocycles. The third-order valence-electron chi connectivity index (χ3n) is 4.25. The summed E-state index contributed by atoms with van der Waals surface area (Å²) >= 11 is 6.22. The first-order valence-electron chi connectivity index (χ1n) is 7.61. The molecule has 1 aliphatic heterocycles. The minimum Gasteiger partial charge on any atom is -0.291 e. The first-order chi connectivity index (χ1) is 10.8. The van der Waals surface area contributed by atoms with Gasteiger partial charge in [0.15, 0.2) is 5.65 Å². The van der Waals surface area contributed by atoms with E-state index in [1.165, 1.54) is 18.4 Å². The summed E-state index contributed by atoms with van der Waals surface area (Å²) < 4.78 is 1.93. The number of hydrogen-bond acceptors (Lipinski definition) is 3. The van der Waals surface area contributed by atoms with Crippen LogP contribution in [0.2, 0.25) is 5.02 Å². The zero-order chi connectivity index (χ0) is 14.9. The van der Waals surface area contributed by atoms with Gasteiger partial charge in [0, 0.05) is 11.2 Å². The number of fused-ring (bicyclic) bond motifs is 1. The van der Waals surface area contributed by atoms with Crippen molar-refractivity contribution in [2.75, 3.05) is 13.1 Å². The molecule has 0 spiro atoms. The molecular formula is C17H17ClN4. The monoisotopic (exact) mass is 312 g/mol. The summed E-state index contributed by atoms with van der Waals surface area (Å²) in [4.78, 5) is 6.99. The fraction of sp³-hybridized carbons (Fsp3) is 0.294. The number of halogens is 1. The average Bonchev–Trinajstić information content (AvgIpc) is 3.19. The van der Waals surface area contributed by atoms with Crippen LogP contribution in [0.15, 0.2) is 48.8 Å². The van der Waals surface area contributed by atoms with E-state index in [4.69, 9.17) is 11.6 Å². The summed E-state index contributed by atoms with van der Waals surface area (Å²) in [7, 11) is 0. The van der Waals surface area contributed by atoms with Crippen LogP contribution in [-0.4, -0.2) is 32.6 Å². The number of imidazole rings is 1. The lowest BCUT2D eigenvalue weighted by Crippen LogP contribution is -2.27. The summed E-state index contributed by atoms with van der Waals surface area (Å²) in [6, 6.07) is 12.2. The molecule has 4 nitrogen and oxygen atoms in total. The highest BCUT2D eigenvalue weighted by atomic mass is 35.5. The van der Waals surface area contributed by atoms with Gasteiger partial charge in [-0.2, -0.15) is 5.10 Å². The molecule has 1 saturated heterocycles. The van der Waals surface area contributed by atoms with E-state index >= 15 is 0 Å². The summed E-state index contributed by atoms with van der Waals surface area (Å²) in [5.74, 6) is 0.